The average Bonchev–Trinajstić information content (AvgIpc) is 2.87. The van der Waals surface area contributed by atoms with E-state index in [1.165, 1.54) is 12.4 Å². The molecule has 1 aliphatic carbocycles. The van der Waals surface area contributed by atoms with E-state index in [4.69, 9.17) is 5.73 Å². The summed E-state index contributed by atoms with van der Waals surface area (Å²) in [4.78, 5) is 18.7. The zero-order valence-corrected chi connectivity index (χ0v) is 6.53. The minimum Gasteiger partial charge on any atom is -0.366 e. The van der Waals surface area contributed by atoms with Crippen LogP contribution < -0.4 is 5.73 Å². The molecule has 1 aliphatic rings. The van der Waals surface area contributed by atoms with Gasteiger partial charge in [0.15, 0.2) is 0 Å². The lowest BCUT2D eigenvalue weighted by Crippen LogP contribution is -2.12. The summed E-state index contributed by atoms with van der Waals surface area (Å²) in [6.07, 6.45) is 5.30. The number of aromatic nitrogens is 2. The average molecular weight is 163 g/mol. The predicted octanol–water partition coefficient (Wildman–Crippen LogP) is 0.453. The van der Waals surface area contributed by atoms with Crippen molar-refractivity contribution in [2.45, 2.75) is 18.8 Å². The molecule has 1 aromatic rings. The van der Waals surface area contributed by atoms with E-state index in [2.05, 4.69) is 9.97 Å². The fourth-order valence-electron chi connectivity index (χ4n) is 1.02. The molecule has 0 radical (unpaired) electrons. The number of carbonyl (C=O) groups excluding carboxylic acids is 1. The van der Waals surface area contributed by atoms with Crippen molar-refractivity contribution >= 4 is 5.91 Å². The molecular weight excluding hydrogens is 154 g/mol. The highest BCUT2D eigenvalue weighted by molar-refractivity contribution is 5.92. The molecule has 4 nitrogen and oxygen atoms in total. The zero-order chi connectivity index (χ0) is 8.55. The van der Waals surface area contributed by atoms with E-state index < -0.39 is 5.91 Å². The molecular formula is C8H9N3O. The standard InChI is InChI=1S/C8H9N3O/c9-7(12)6-3-10-8(11-4-6)5-1-2-5/h3-5H,1-2H2,(H2,9,12). The fourth-order valence-corrected chi connectivity index (χ4v) is 1.02. The number of primary amides is 1. The van der Waals surface area contributed by atoms with Crippen LogP contribution in [0.3, 0.4) is 0 Å². The van der Waals surface area contributed by atoms with Crippen molar-refractivity contribution in [2.24, 2.45) is 5.73 Å². The first kappa shape index (κ1) is 7.21. The molecule has 2 N–H and O–H groups in total. The van der Waals surface area contributed by atoms with Gasteiger partial charge in [0.2, 0.25) is 0 Å². The third-order valence-electron chi connectivity index (χ3n) is 1.90. The van der Waals surface area contributed by atoms with Crippen molar-refractivity contribution in [3.05, 3.63) is 23.8 Å². The Morgan fingerprint density at radius 3 is 2.42 bits per heavy atom. The Morgan fingerprint density at radius 2 is 2.00 bits per heavy atom. The molecule has 0 bridgehead atoms. The fraction of sp³-hybridized carbons (Fsp3) is 0.375. The van der Waals surface area contributed by atoms with E-state index in [0.29, 0.717) is 11.5 Å². The quantitative estimate of drug-likeness (QED) is 0.688. The minimum atomic E-state index is -0.475. The Labute approximate surface area is 69.8 Å². The van der Waals surface area contributed by atoms with Crippen molar-refractivity contribution in [1.29, 1.82) is 0 Å². The smallest absolute Gasteiger partial charge is 0.251 e. The molecule has 1 amide bonds. The van der Waals surface area contributed by atoms with Crippen LogP contribution in [0.2, 0.25) is 0 Å². The molecule has 0 atom stereocenters. The van der Waals surface area contributed by atoms with Crippen molar-refractivity contribution in [1.82, 2.24) is 9.97 Å². The largest absolute Gasteiger partial charge is 0.366 e. The summed E-state index contributed by atoms with van der Waals surface area (Å²) in [5, 5.41) is 0. The summed E-state index contributed by atoms with van der Waals surface area (Å²) in [5.41, 5.74) is 5.41. The second-order valence-electron chi connectivity index (χ2n) is 2.97. The van der Waals surface area contributed by atoms with E-state index in [-0.39, 0.29) is 0 Å². The lowest BCUT2D eigenvalue weighted by molar-refractivity contribution is 0.0999. The van der Waals surface area contributed by atoms with Gasteiger partial charge in [0.25, 0.3) is 5.91 Å². The number of carbonyl (C=O) groups is 1. The Kier molecular flexibility index (Phi) is 1.53. The third-order valence-corrected chi connectivity index (χ3v) is 1.90. The van der Waals surface area contributed by atoms with Gasteiger partial charge in [-0.15, -0.1) is 0 Å². The van der Waals surface area contributed by atoms with Gasteiger partial charge in [-0.05, 0) is 12.8 Å². The Hall–Kier alpha value is -1.45. The van der Waals surface area contributed by atoms with Gasteiger partial charge < -0.3 is 5.73 Å². The van der Waals surface area contributed by atoms with Gasteiger partial charge in [-0.1, -0.05) is 0 Å². The first-order valence-electron chi connectivity index (χ1n) is 3.89. The van der Waals surface area contributed by atoms with E-state index in [9.17, 15) is 4.79 Å². The first-order valence-corrected chi connectivity index (χ1v) is 3.89. The Balaban J connectivity index is 2.24. The molecule has 0 spiro atoms. The van der Waals surface area contributed by atoms with Crippen LogP contribution in [0, 0.1) is 0 Å². The monoisotopic (exact) mass is 163 g/mol. The molecule has 1 heterocycles. The SMILES string of the molecule is NC(=O)c1cnc(C2CC2)nc1. The van der Waals surface area contributed by atoms with E-state index in [0.717, 1.165) is 18.7 Å². The Bertz CT molecular complexity index is 303. The summed E-state index contributed by atoms with van der Waals surface area (Å²) in [6.45, 7) is 0. The number of nitrogens with zero attached hydrogens (tertiary/aromatic N) is 2. The van der Waals surface area contributed by atoms with Crippen LogP contribution in [0.4, 0.5) is 0 Å². The predicted molar refractivity (Wildman–Crippen MR) is 42.5 cm³/mol. The van der Waals surface area contributed by atoms with E-state index in [1.54, 1.807) is 0 Å². The highest BCUT2D eigenvalue weighted by Crippen LogP contribution is 2.37. The highest BCUT2D eigenvalue weighted by Gasteiger charge is 2.26. The topological polar surface area (TPSA) is 68.9 Å². The summed E-state index contributed by atoms with van der Waals surface area (Å²) >= 11 is 0. The van der Waals surface area contributed by atoms with Gasteiger partial charge in [-0.3, -0.25) is 4.79 Å². The van der Waals surface area contributed by atoms with Crippen LogP contribution in [0.5, 0.6) is 0 Å². The van der Waals surface area contributed by atoms with Crippen LogP contribution in [0.15, 0.2) is 12.4 Å². The normalized spacial score (nSPS) is 16.0. The molecule has 0 aliphatic heterocycles. The second kappa shape index (κ2) is 2.55. The number of rotatable bonds is 2. The maximum absolute atomic E-state index is 10.6. The van der Waals surface area contributed by atoms with Crippen molar-refractivity contribution in [3.8, 4) is 0 Å². The van der Waals surface area contributed by atoms with Crippen molar-refractivity contribution in [2.75, 3.05) is 0 Å². The third kappa shape index (κ3) is 1.28. The molecule has 0 unspecified atom stereocenters. The number of nitrogens with two attached hydrogens (primary N) is 1. The number of amides is 1. The second-order valence-corrected chi connectivity index (χ2v) is 2.97. The molecule has 2 rings (SSSR count). The van der Waals surface area contributed by atoms with Crippen LogP contribution in [-0.2, 0) is 0 Å². The minimum absolute atomic E-state index is 0.374. The van der Waals surface area contributed by atoms with Gasteiger partial charge in [0.1, 0.15) is 5.82 Å². The van der Waals surface area contributed by atoms with Gasteiger partial charge in [0, 0.05) is 18.3 Å². The molecule has 62 valence electrons. The first-order chi connectivity index (χ1) is 5.77. The number of hydrogen-bond acceptors (Lipinski definition) is 3. The van der Waals surface area contributed by atoms with Crippen LogP contribution in [0.25, 0.3) is 0 Å². The van der Waals surface area contributed by atoms with Gasteiger partial charge in [-0.2, -0.15) is 0 Å². The summed E-state index contributed by atoms with van der Waals surface area (Å²) in [6, 6.07) is 0. The van der Waals surface area contributed by atoms with Gasteiger partial charge in [0.05, 0.1) is 5.56 Å². The maximum atomic E-state index is 10.6. The van der Waals surface area contributed by atoms with Crippen LogP contribution in [0.1, 0.15) is 34.9 Å². The molecule has 1 aromatic heterocycles. The van der Waals surface area contributed by atoms with E-state index in [1.807, 2.05) is 0 Å². The summed E-state index contributed by atoms with van der Waals surface area (Å²) in [5.74, 6) is 0.879. The summed E-state index contributed by atoms with van der Waals surface area (Å²) < 4.78 is 0. The molecule has 0 saturated heterocycles. The Morgan fingerprint density at radius 1 is 1.42 bits per heavy atom. The lowest BCUT2D eigenvalue weighted by atomic mass is 10.3. The summed E-state index contributed by atoms with van der Waals surface area (Å²) in [7, 11) is 0. The van der Waals surface area contributed by atoms with E-state index >= 15 is 0 Å². The molecule has 4 heteroatoms. The van der Waals surface area contributed by atoms with Crippen LogP contribution in [-0.4, -0.2) is 15.9 Å². The maximum Gasteiger partial charge on any atom is 0.251 e. The molecule has 0 aromatic carbocycles. The number of hydrogen-bond donors (Lipinski definition) is 1. The van der Waals surface area contributed by atoms with Crippen molar-refractivity contribution in [3.63, 3.8) is 0 Å². The van der Waals surface area contributed by atoms with Gasteiger partial charge >= 0.3 is 0 Å². The van der Waals surface area contributed by atoms with Crippen LogP contribution >= 0.6 is 0 Å². The highest BCUT2D eigenvalue weighted by atomic mass is 16.1. The van der Waals surface area contributed by atoms with Gasteiger partial charge in [-0.25, -0.2) is 9.97 Å². The van der Waals surface area contributed by atoms with Crippen molar-refractivity contribution < 1.29 is 4.79 Å². The molecule has 1 fully saturated rings. The lowest BCUT2D eigenvalue weighted by Gasteiger charge is -1.96. The molecule has 1 saturated carbocycles. The molecule has 12 heavy (non-hydrogen) atoms. The zero-order valence-electron chi connectivity index (χ0n) is 6.53.